The van der Waals surface area contributed by atoms with Crippen LogP contribution >= 0.6 is 0 Å². The van der Waals surface area contributed by atoms with Crippen molar-refractivity contribution in [1.29, 1.82) is 0 Å². The van der Waals surface area contributed by atoms with E-state index in [4.69, 9.17) is 4.42 Å². The van der Waals surface area contributed by atoms with Gasteiger partial charge in [0.15, 0.2) is 0 Å². The van der Waals surface area contributed by atoms with Gasteiger partial charge >= 0.3 is 0 Å². The molecule has 1 aliphatic heterocycles. The number of furan rings is 1. The number of hydrogen-bond acceptors (Lipinski definition) is 3. The fourth-order valence-electron chi connectivity index (χ4n) is 9.90. The van der Waals surface area contributed by atoms with Crippen molar-refractivity contribution in [1.82, 2.24) is 4.57 Å². The molecule has 10 aromatic carbocycles. The Morgan fingerprint density at radius 1 is 0.355 bits per heavy atom. The van der Waals surface area contributed by atoms with Crippen LogP contribution in [0.4, 0.5) is 34.1 Å². The molecule has 4 heteroatoms. The van der Waals surface area contributed by atoms with Gasteiger partial charge in [-0.1, -0.05) is 127 Å². The molecule has 3 heterocycles. The van der Waals surface area contributed by atoms with Crippen molar-refractivity contribution in [3.05, 3.63) is 224 Å². The van der Waals surface area contributed by atoms with Gasteiger partial charge in [0.05, 0.1) is 22.4 Å². The molecule has 0 unspecified atom stereocenters. The van der Waals surface area contributed by atoms with Crippen molar-refractivity contribution in [2.24, 2.45) is 0 Å². The van der Waals surface area contributed by atoms with Gasteiger partial charge in [0.25, 0.3) is 0 Å². The molecule has 0 atom stereocenters. The number of rotatable bonds is 6. The Balaban J connectivity index is 0.962. The van der Waals surface area contributed by atoms with E-state index in [-0.39, 0.29) is 0 Å². The van der Waals surface area contributed by atoms with E-state index in [2.05, 4.69) is 227 Å². The number of fused-ring (bicyclic) bond motifs is 8. The molecule has 0 aliphatic carbocycles. The van der Waals surface area contributed by atoms with E-state index >= 15 is 0 Å². The molecule has 0 amide bonds. The molecule has 0 bridgehead atoms. The zero-order chi connectivity index (χ0) is 40.7. The van der Waals surface area contributed by atoms with Crippen LogP contribution in [0.5, 0.6) is 0 Å². The Bertz CT molecular complexity index is 3690. The Morgan fingerprint density at radius 2 is 1.00 bits per heavy atom. The van der Waals surface area contributed by atoms with Gasteiger partial charge in [-0.15, -0.1) is 0 Å². The summed E-state index contributed by atoms with van der Waals surface area (Å²) in [6, 6.07) is 81.0. The number of nitrogens with zero attached hydrogens (tertiary/aromatic N) is 3. The average molecular weight is 792 g/mol. The first-order valence-corrected chi connectivity index (χ1v) is 21.2. The summed E-state index contributed by atoms with van der Waals surface area (Å²) in [6.07, 6.45) is 0. The van der Waals surface area contributed by atoms with Crippen LogP contribution < -0.4 is 9.80 Å². The zero-order valence-electron chi connectivity index (χ0n) is 33.6. The quantitative estimate of drug-likeness (QED) is 0.168. The molecule has 0 N–H and O–H groups in total. The van der Waals surface area contributed by atoms with Crippen LogP contribution in [0.15, 0.2) is 229 Å². The van der Waals surface area contributed by atoms with Crippen LogP contribution in [0, 0.1) is 0 Å². The van der Waals surface area contributed by atoms with Crippen LogP contribution in [0.2, 0.25) is 0 Å². The maximum absolute atomic E-state index is 6.46. The molecule has 4 nitrogen and oxygen atoms in total. The summed E-state index contributed by atoms with van der Waals surface area (Å²) in [7, 11) is 0. The average Bonchev–Trinajstić information content (AvgIpc) is 3.88. The minimum atomic E-state index is 0.862. The molecule has 290 valence electrons. The molecule has 0 spiro atoms. The first-order chi connectivity index (χ1) is 30.7. The maximum atomic E-state index is 6.46. The van der Waals surface area contributed by atoms with Gasteiger partial charge in [0, 0.05) is 67.0 Å². The van der Waals surface area contributed by atoms with E-state index in [9.17, 15) is 0 Å². The Labute approximate surface area is 358 Å². The molecule has 2 aromatic heterocycles. The molecular formula is C58H37N3O. The van der Waals surface area contributed by atoms with Crippen molar-refractivity contribution < 1.29 is 4.42 Å². The summed E-state index contributed by atoms with van der Waals surface area (Å²) < 4.78 is 8.83. The summed E-state index contributed by atoms with van der Waals surface area (Å²) >= 11 is 0. The summed E-state index contributed by atoms with van der Waals surface area (Å²) in [5, 5.41) is 7.17. The molecule has 0 fully saturated rings. The molecule has 0 radical (unpaired) electrons. The predicted molar refractivity (Wildman–Crippen MR) is 259 cm³/mol. The van der Waals surface area contributed by atoms with Gasteiger partial charge < -0.3 is 18.8 Å². The smallest absolute Gasteiger partial charge is 0.137 e. The van der Waals surface area contributed by atoms with Crippen LogP contribution in [-0.4, -0.2) is 4.57 Å². The lowest BCUT2D eigenvalue weighted by atomic mass is 9.89. The topological polar surface area (TPSA) is 24.6 Å². The van der Waals surface area contributed by atoms with Crippen LogP contribution in [-0.2, 0) is 0 Å². The number of anilines is 6. The number of hydrogen-bond donors (Lipinski definition) is 0. The lowest BCUT2D eigenvalue weighted by molar-refractivity contribution is 0.669. The van der Waals surface area contributed by atoms with E-state index in [1.807, 2.05) is 12.1 Å². The van der Waals surface area contributed by atoms with E-state index in [1.165, 1.54) is 55.1 Å². The van der Waals surface area contributed by atoms with Gasteiger partial charge in [-0.2, -0.15) is 0 Å². The molecule has 13 rings (SSSR count). The minimum absolute atomic E-state index is 0.862. The number of para-hydroxylation sites is 4. The third-order valence-electron chi connectivity index (χ3n) is 12.7. The highest BCUT2D eigenvalue weighted by Gasteiger charge is 2.26. The standard InChI is InChI=1S/C58H37N3O/c1-3-15-41(16-4-1)60-52-22-9-7-19-46(52)51-36-44(31-34-53(51)60)59(45-30-33-49-48-20-8-10-24-56(48)62-57(49)37-45)43-28-25-38(26-29-43)40-27-32-47-50-21-11-13-39-14-12-23-54(58(39)50)61(55(47)35-40)42-17-5-2-6-18-42/h1-37H. The first-order valence-electron chi connectivity index (χ1n) is 21.2. The predicted octanol–water partition coefficient (Wildman–Crippen LogP) is 16.4. The molecule has 12 aromatic rings. The van der Waals surface area contributed by atoms with Crippen molar-refractivity contribution >= 4 is 88.6 Å². The zero-order valence-corrected chi connectivity index (χ0v) is 33.6. The SMILES string of the molecule is c1ccc(N2c3cc(-c4ccc(N(c5ccc6c(c5)oc5ccccc56)c5ccc6c(c5)c5ccccc5n6-c5ccccc5)cc4)ccc3-c3cccc4cccc2c34)cc1. The van der Waals surface area contributed by atoms with Gasteiger partial charge in [-0.05, 0) is 113 Å². The summed E-state index contributed by atoms with van der Waals surface area (Å²) in [5.41, 5.74) is 16.7. The van der Waals surface area contributed by atoms with Crippen molar-refractivity contribution in [3.63, 3.8) is 0 Å². The number of aromatic nitrogens is 1. The van der Waals surface area contributed by atoms with Crippen molar-refractivity contribution in [2.45, 2.75) is 0 Å². The van der Waals surface area contributed by atoms with Gasteiger partial charge in [0.1, 0.15) is 11.2 Å². The molecular weight excluding hydrogens is 755 g/mol. The second-order valence-electron chi connectivity index (χ2n) is 16.1. The summed E-state index contributed by atoms with van der Waals surface area (Å²) in [4.78, 5) is 4.77. The first kappa shape index (κ1) is 34.5. The monoisotopic (exact) mass is 791 g/mol. The van der Waals surface area contributed by atoms with E-state index < -0.39 is 0 Å². The Hall–Kier alpha value is -8.34. The second-order valence-corrected chi connectivity index (χ2v) is 16.1. The number of benzene rings is 10. The fourth-order valence-corrected chi connectivity index (χ4v) is 9.90. The fraction of sp³-hybridized carbons (Fsp3) is 0. The van der Waals surface area contributed by atoms with Crippen LogP contribution in [0.1, 0.15) is 0 Å². The third kappa shape index (κ3) is 5.27. The van der Waals surface area contributed by atoms with E-state index in [0.717, 1.165) is 61.5 Å². The van der Waals surface area contributed by atoms with Gasteiger partial charge in [0.2, 0.25) is 0 Å². The minimum Gasteiger partial charge on any atom is -0.456 e. The van der Waals surface area contributed by atoms with Crippen molar-refractivity contribution in [3.8, 4) is 27.9 Å². The van der Waals surface area contributed by atoms with Gasteiger partial charge in [-0.3, -0.25) is 0 Å². The highest BCUT2D eigenvalue weighted by molar-refractivity contribution is 6.15. The van der Waals surface area contributed by atoms with Crippen LogP contribution in [0.3, 0.4) is 0 Å². The maximum Gasteiger partial charge on any atom is 0.137 e. The highest BCUT2D eigenvalue weighted by atomic mass is 16.3. The normalized spacial score (nSPS) is 12.2. The second kappa shape index (κ2) is 13.6. The Morgan fingerprint density at radius 3 is 1.84 bits per heavy atom. The molecule has 1 aliphatic rings. The largest absolute Gasteiger partial charge is 0.456 e. The Kier molecular flexibility index (Phi) is 7.57. The highest BCUT2D eigenvalue weighted by Crippen LogP contribution is 2.52. The molecule has 0 saturated carbocycles. The van der Waals surface area contributed by atoms with Crippen molar-refractivity contribution in [2.75, 3.05) is 9.80 Å². The van der Waals surface area contributed by atoms with E-state index in [1.54, 1.807) is 0 Å². The molecule has 62 heavy (non-hydrogen) atoms. The summed E-state index contributed by atoms with van der Waals surface area (Å²) in [5.74, 6) is 0. The third-order valence-corrected chi connectivity index (χ3v) is 12.7. The van der Waals surface area contributed by atoms with Gasteiger partial charge in [-0.25, -0.2) is 0 Å². The molecule has 0 saturated heterocycles. The summed E-state index contributed by atoms with van der Waals surface area (Å²) in [6.45, 7) is 0. The lowest BCUT2D eigenvalue weighted by Gasteiger charge is -2.34. The van der Waals surface area contributed by atoms with E-state index in [0.29, 0.717) is 0 Å². The van der Waals surface area contributed by atoms with Crippen LogP contribution in [0.25, 0.3) is 82.5 Å². The lowest BCUT2D eigenvalue weighted by Crippen LogP contribution is -2.15.